The van der Waals surface area contributed by atoms with E-state index < -0.39 is 0 Å². The maximum absolute atomic E-state index is 11.2. The Bertz CT molecular complexity index is 426. The van der Waals surface area contributed by atoms with Gasteiger partial charge in [-0.2, -0.15) is 0 Å². The van der Waals surface area contributed by atoms with Gasteiger partial charge in [0.05, 0.1) is 6.54 Å². The van der Waals surface area contributed by atoms with E-state index in [2.05, 4.69) is 9.80 Å². The zero-order chi connectivity index (χ0) is 14.4. The van der Waals surface area contributed by atoms with E-state index in [4.69, 9.17) is 11.5 Å². The largest absolute Gasteiger partial charge is 0.399 e. The van der Waals surface area contributed by atoms with E-state index in [0.29, 0.717) is 6.54 Å². The summed E-state index contributed by atoms with van der Waals surface area (Å²) in [5.74, 6) is -0.276. The first-order chi connectivity index (χ1) is 9.63. The van der Waals surface area contributed by atoms with Crippen LogP contribution in [0.2, 0.25) is 0 Å². The molecule has 1 aromatic rings. The maximum Gasteiger partial charge on any atom is 0.231 e. The second kappa shape index (κ2) is 7.26. The molecule has 4 N–H and O–H groups in total. The molecule has 110 valence electrons. The number of likely N-dealkylation sites (tertiary alicyclic amines) is 1. The zero-order valence-electron chi connectivity index (χ0n) is 11.9. The average molecular weight is 276 g/mol. The predicted molar refractivity (Wildman–Crippen MR) is 81.0 cm³/mol. The maximum atomic E-state index is 11.2. The predicted octanol–water partition coefficient (Wildman–Crippen LogP) is 0.652. The molecular formula is C15H24N4O. The number of benzene rings is 1. The molecule has 1 heterocycles. The van der Waals surface area contributed by atoms with Crippen LogP contribution in [0.25, 0.3) is 0 Å². The molecule has 0 atom stereocenters. The van der Waals surface area contributed by atoms with Crippen LogP contribution in [0, 0.1) is 0 Å². The van der Waals surface area contributed by atoms with Crippen LogP contribution in [0.15, 0.2) is 24.3 Å². The number of carbonyl (C=O) groups excluding carboxylic acids is 1. The first-order valence-corrected chi connectivity index (χ1v) is 7.21. The van der Waals surface area contributed by atoms with Crippen molar-refractivity contribution in [2.24, 2.45) is 5.73 Å². The normalized spacial score (nSPS) is 15.8. The van der Waals surface area contributed by atoms with Gasteiger partial charge >= 0.3 is 0 Å². The molecule has 20 heavy (non-hydrogen) atoms. The number of nitrogens with zero attached hydrogens (tertiary/aromatic N) is 2. The highest BCUT2D eigenvalue weighted by molar-refractivity contribution is 5.75. The number of carbonyl (C=O) groups is 1. The molecule has 0 bridgehead atoms. The van der Waals surface area contributed by atoms with Crippen LogP contribution in [-0.2, 0) is 11.3 Å². The molecule has 0 radical (unpaired) electrons. The van der Waals surface area contributed by atoms with Crippen molar-refractivity contribution in [1.82, 2.24) is 9.80 Å². The molecule has 1 fully saturated rings. The topological polar surface area (TPSA) is 75.6 Å². The van der Waals surface area contributed by atoms with E-state index in [0.717, 1.165) is 30.9 Å². The third-order valence-corrected chi connectivity index (χ3v) is 3.70. The number of nitrogens with two attached hydrogens (primary N) is 2. The van der Waals surface area contributed by atoms with Crippen LogP contribution in [0.3, 0.4) is 0 Å². The van der Waals surface area contributed by atoms with Gasteiger partial charge in [0.2, 0.25) is 5.91 Å². The Morgan fingerprint density at radius 1 is 1.20 bits per heavy atom. The minimum atomic E-state index is -0.276. The molecule has 0 unspecified atom stereocenters. The van der Waals surface area contributed by atoms with E-state index in [9.17, 15) is 4.79 Å². The Labute approximate surface area is 120 Å². The van der Waals surface area contributed by atoms with Gasteiger partial charge in [-0.3, -0.25) is 9.69 Å². The van der Waals surface area contributed by atoms with Crippen LogP contribution in [-0.4, -0.2) is 48.4 Å². The van der Waals surface area contributed by atoms with Gasteiger partial charge < -0.3 is 16.4 Å². The lowest BCUT2D eigenvalue weighted by Crippen LogP contribution is -2.38. The quantitative estimate of drug-likeness (QED) is 0.717. The summed E-state index contributed by atoms with van der Waals surface area (Å²) in [6.07, 6.45) is 2.57. The minimum absolute atomic E-state index is 0.276. The second-order valence-corrected chi connectivity index (χ2v) is 5.47. The van der Waals surface area contributed by atoms with Gasteiger partial charge in [-0.15, -0.1) is 0 Å². The molecule has 1 aliphatic heterocycles. The first-order valence-electron chi connectivity index (χ1n) is 7.21. The molecule has 1 amide bonds. The zero-order valence-corrected chi connectivity index (χ0v) is 11.9. The monoisotopic (exact) mass is 276 g/mol. The highest BCUT2D eigenvalue weighted by atomic mass is 16.1. The molecule has 0 saturated carbocycles. The standard InChI is InChI=1S/C15H24N4O/c16-14-5-3-13(4-6-14)11-19(12-15(17)20)10-9-18-7-1-2-8-18/h3-6H,1-2,7-12,16H2,(H2,17,20). The number of rotatable bonds is 7. The molecule has 0 aliphatic carbocycles. The number of primary amides is 1. The van der Waals surface area contributed by atoms with Crippen LogP contribution >= 0.6 is 0 Å². The Hall–Kier alpha value is -1.59. The third kappa shape index (κ3) is 4.83. The SMILES string of the molecule is NC(=O)CN(CCN1CCCC1)Cc1ccc(N)cc1. The highest BCUT2D eigenvalue weighted by Crippen LogP contribution is 2.10. The molecule has 2 rings (SSSR count). The molecule has 1 aromatic carbocycles. The van der Waals surface area contributed by atoms with Gasteiger partial charge in [0.1, 0.15) is 0 Å². The first kappa shape index (κ1) is 14.8. The number of anilines is 1. The Kier molecular flexibility index (Phi) is 5.38. The van der Waals surface area contributed by atoms with Crippen LogP contribution in [0.1, 0.15) is 18.4 Å². The molecule has 5 nitrogen and oxygen atoms in total. The summed E-state index contributed by atoms with van der Waals surface area (Å²) < 4.78 is 0. The fraction of sp³-hybridized carbons (Fsp3) is 0.533. The Morgan fingerprint density at radius 3 is 2.45 bits per heavy atom. The lowest BCUT2D eigenvalue weighted by molar-refractivity contribution is -0.119. The summed E-state index contributed by atoms with van der Waals surface area (Å²) in [7, 11) is 0. The summed E-state index contributed by atoms with van der Waals surface area (Å²) in [6.45, 7) is 5.25. The average Bonchev–Trinajstić information content (AvgIpc) is 2.91. The van der Waals surface area contributed by atoms with Crippen molar-refractivity contribution in [3.8, 4) is 0 Å². The Balaban J connectivity index is 1.88. The molecule has 0 spiro atoms. The van der Waals surface area contributed by atoms with Crippen molar-refractivity contribution in [2.75, 3.05) is 38.5 Å². The van der Waals surface area contributed by atoms with Gasteiger partial charge in [0, 0.05) is 25.3 Å². The lowest BCUT2D eigenvalue weighted by Gasteiger charge is -2.24. The summed E-state index contributed by atoms with van der Waals surface area (Å²) >= 11 is 0. The molecule has 5 heteroatoms. The van der Waals surface area contributed by atoms with Crippen molar-refractivity contribution in [2.45, 2.75) is 19.4 Å². The second-order valence-electron chi connectivity index (χ2n) is 5.47. The Morgan fingerprint density at radius 2 is 1.85 bits per heavy atom. The summed E-state index contributed by atoms with van der Waals surface area (Å²) in [6, 6.07) is 7.77. The van der Waals surface area contributed by atoms with Gasteiger partial charge in [-0.25, -0.2) is 0 Å². The summed E-state index contributed by atoms with van der Waals surface area (Å²) in [4.78, 5) is 15.7. The van der Waals surface area contributed by atoms with Gasteiger partial charge in [-0.1, -0.05) is 12.1 Å². The third-order valence-electron chi connectivity index (χ3n) is 3.70. The fourth-order valence-electron chi connectivity index (χ4n) is 2.60. The van der Waals surface area contributed by atoms with E-state index in [1.807, 2.05) is 24.3 Å². The van der Waals surface area contributed by atoms with Crippen molar-refractivity contribution in [3.05, 3.63) is 29.8 Å². The van der Waals surface area contributed by atoms with E-state index in [1.165, 1.54) is 25.9 Å². The van der Waals surface area contributed by atoms with Crippen LogP contribution < -0.4 is 11.5 Å². The molecule has 1 saturated heterocycles. The van der Waals surface area contributed by atoms with Crippen molar-refractivity contribution < 1.29 is 4.79 Å². The summed E-state index contributed by atoms with van der Waals surface area (Å²) in [5, 5.41) is 0. The van der Waals surface area contributed by atoms with Gasteiger partial charge in [-0.05, 0) is 43.6 Å². The number of nitrogen functional groups attached to an aromatic ring is 1. The van der Waals surface area contributed by atoms with E-state index in [1.54, 1.807) is 0 Å². The number of hydrogen-bond acceptors (Lipinski definition) is 4. The van der Waals surface area contributed by atoms with Gasteiger partial charge in [0.15, 0.2) is 0 Å². The smallest absolute Gasteiger partial charge is 0.231 e. The highest BCUT2D eigenvalue weighted by Gasteiger charge is 2.14. The molecular weight excluding hydrogens is 252 g/mol. The van der Waals surface area contributed by atoms with Crippen LogP contribution in [0.5, 0.6) is 0 Å². The lowest BCUT2D eigenvalue weighted by atomic mass is 10.2. The van der Waals surface area contributed by atoms with Crippen LogP contribution in [0.4, 0.5) is 5.69 Å². The van der Waals surface area contributed by atoms with Crippen molar-refractivity contribution in [3.63, 3.8) is 0 Å². The molecule has 0 aromatic heterocycles. The number of amides is 1. The number of hydrogen-bond donors (Lipinski definition) is 2. The summed E-state index contributed by atoms with van der Waals surface area (Å²) in [5.41, 5.74) is 12.9. The minimum Gasteiger partial charge on any atom is -0.399 e. The van der Waals surface area contributed by atoms with Crippen molar-refractivity contribution in [1.29, 1.82) is 0 Å². The van der Waals surface area contributed by atoms with E-state index in [-0.39, 0.29) is 5.91 Å². The van der Waals surface area contributed by atoms with E-state index >= 15 is 0 Å². The van der Waals surface area contributed by atoms with Gasteiger partial charge in [0.25, 0.3) is 0 Å². The van der Waals surface area contributed by atoms with Crippen molar-refractivity contribution >= 4 is 11.6 Å². The fourth-order valence-corrected chi connectivity index (χ4v) is 2.60. The molecule has 1 aliphatic rings.